The first-order valence-corrected chi connectivity index (χ1v) is 17.3. The first-order chi connectivity index (χ1) is 21.9. The van der Waals surface area contributed by atoms with Gasteiger partial charge in [0.25, 0.3) is 10.0 Å². The highest BCUT2D eigenvalue weighted by Crippen LogP contribution is 2.27. The van der Waals surface area contributed by atoms with Crippen molar-refractivity contribution in [3.8, 4) is 0 Å². The molecule has 0 fully saturated rings. The average Bonchev–Trinajstić information content (AvgIpc) is 3.03. The van der Waals surface area contributed by atoms with Crippen molar-refractivity contribution >= 4 is 50.7 Å². The second kappa shape index (κ2) is 15.6. The minimum Gasteiger partial charge on any atom is -0.352 e. The van der Waals surface area contributed by atoms with E-state index in [4.69, 9.17) is 23.2 Å². The van der Waals surface area contributed by atoms with Crippen LogP contribution in [0, 0.1) is 13.8 Å². The van der Waals surface area contributed by atoms with Crippen molar-refractivity contribution in [2.75, 3.05) is 10.8 Å². The Morgan fingerprint density at radius 3 is 2.04 bits per heavy atom. The summed E-state index contributed by atoms with van der Waals surface area (Å²) in [5.74, 6) is -0.914. The van der Waals surface area contributed by atoms with Crippen LogP contribution < -0.4 is 9.62 Å². The van der Waals surface area contributed by atoms with Crippen molar-refractivity contribution in [1.29, 1.82) is 0 Å². The highest BCUT2D eigenvalue weighted by atomic mass is 35.5. The Hall–Kier alpha value is -3.85. The third kappa shape index (κ3) is 8.90. The Morgan fingerprint density at radius 2 is 1.46 bits per heavy atom. The smallest absolute Gasteiger partial charge is 0.264 e. The van der Waals surface area contributed by atoms with Crippen molar-refractivity contribution in [3.05, 3.63) is 129 Å². The number of anilines is 1. The van der Waals surface area contributed by atoms with E-state index in [-0.39, 0.29) is 29.8 Å². The molecule has 0 spiro atoms. The van der Waals surface area contributed by atoms with Gasteiger partial charge in [0.2, 0.25) is 11.8 Å². The van der Waals surface area contributed by atoms with Gasteiger partial charge >= 0.3 is 0 Å². The lowest BCUT2D eigenvalue weighted by Gasteiger charge is -2.34. The van der Waals surface area contributed by atoms with Gasteiger partial charge in [0.05, 0.1) is 10.6 Å². The summed E-state index contributed by atoms with van der Waals surface area (Å²) in [6, 6.07) is 26.6. The predicted octanol–water partition coefficient (Wildman–Crippen LogP) is 7.36. The molecule has 0 heterocycles. The van der Waals surface area contributed by atoms with Crippen molar-refractivity contribution in [2.24, 2.45) is 0 Å². The van der Waals surface area contributed by atoms with Gasteiger partial charge in [0.15, 0.2) is 0 Å². The maximum atomic E-state index is 14.6. The molecule has 0 radical (unpaired) electrons. The zero-order chi connectivity index (χ0) is 33.4. The summed E-state index contributed by atoms with van der Waals surface area (Å²) in [7, 11) is -4.18. The molecule has 0 aliphatic rings. The summed E-state index contributed by atoms with van der Waals surface area (Å²) in [6.45, 7) is 7.03. The first-order valence-electron chi connectivity index (χ1n) is 15.1. The summed E-state index contributed by atoms with van der Waals surface area (Å²) in [5, 5.41) is 3.78. The van der Waals surface area contributed by atoms with Crippen molar-refractivity contribution in [2.45, 2.75) is 64.1 Å². The summed E-state index contributed by atoms with van der Waals surface area (Å²) in [4.78, 5) is 30.0. The van der Waals surface area contributed by atoms with Gasteiger partial charge in [0, 0.05) is 29.1 Å². The summed E-state index contributed by atoms with van der Waals surface area (Å²) in [5.41, 5.74) is 3.57. The Morgan fingerprint density at radius 1 is 0.848 bits per heavy atom. The molecule has 0 saturated heterocycles. The SMILES string of the molecule is CC[C@H](C)NC(=O)[C@H](Cc1ccccc1)N(Cc1ccc(Cl)cc1Cl)C(=O)CN(c1ccc(C)cc1)S(=O)(=O)c1ccc(C)cc1. The van der Waals surface area contributed by atoms with Crippen LogP contribution in [0.4, 0.5) is 5.69 Å². The van der Waals surface area contributed by atoms with Crippen LogP contribution in [-0.2, 0) is 32.6 Å². The van der Waals surface area contributed by atoms with Crippen molar-refractivity contribution in [3.63, 3.8) is 0 Å². The molecule has 1 N–H and O–H groups in total. The van der Waals surface area contributed by atoms with E-state index >= 15 is 0 Å². The van der Waals surface area contributed by atoms with Crippen LogP contribution in [0.15, 0.2) is 102 Å². The molecule has 2 amide bonds. The van der Waals surface area contributed by atoms with Crippen LogP contribution in [0.1, 0.15) is 42.5 Å². The van der Waals surface area contributed by atoms with E-state index in [9.17, 15) is 18.0 Å². The normalized spacial score (nSPS) is 12.7. The molecule has 2 atom stereocenters. The minimum absolute atomic E-state index is 0.0490. The molecular weight excluding hydrogens is 641 g/mol. The maximum Gasteiger partial charge on any atom is 0.264 e. The molecule has 0 aliphatic heterocycles. The highest BCUT2D eigenvalue weighted by molar-refractivity contribution is 7.92. The average molecular weight is 681 g/mol. The molecule has 0 aromatic heterocycles. The van der Waals surface area contributed by atoms with Crippen LogP contribution in [-0.4, -0.2) is 43.8 Å². The lowest BCUT2D eigenvalue weighted by atomic mass is 10.0. The second-order valence-corrected chi connectivity index (χ2v) is 14.1. The molecule has 4 aromatic rings. The highest BCUT2D eigenvalue weighted by Gasteiger charge is 2.35. The number of nitrogens with zero attached hydrogens (tertiary/aromatic N) is 2. The molecule has 0 saturated carbocycles. The quantitative estimate of drug-likeness (QED) is 0.160. The fraction of sp³-hybridized carbons (Fsp3) is 0.278. The van der Waals surface area contributed by atoms with Gasteiger partial charge in [-0.2, -0.15) is 0 Å². The van der Waals surface area contributed by atoms with E-state index < -0.39 is 28.5 Å². The monoisotopic (exact) mass is 679 g/mol. The molecule has 0 bridgehead atoms. The Kier molecular flexibility index (Phi) is 11.9. The van der Waals surface area contributed by atoms with Crippen LogP contribution >= 0.6 is 23.2 Å². The number of hydrogen-bond donors (Lipinski definition) is 1. The minimum atomic E-state index is -4.18. The number of halogens is 2. The van der Waals surface area contributed by atoms with Gasteiger partial charge < -0.3 is 10.2 Å². The molecule has 4 aromatic carbocycles. The number of aryl methyl sites for hydroxylation is 2. The first kappa shape index (κ1) is 35.0. The number of carbonyl (C=O) groups is 2. The number of sulfonamides is 1. The van der Waals surface area contributed by atoms with Crippen LogP contribution in [0.3, 0.4) is 0 Å². The summed E-state index contributed by atoms with van der Waals surface area (Å²) >= 11 is 12.8. The summed E-state index contributed by atoms with van der Waals surface area (Å²) < 4.78 is 29.4. The third-order valence-corrected chi connectivity index (χ3v) is 10.2. The Balaban J connectivity index is 1.82. The second-order valence-electron chi connectivity index (χ2n) is 11.4. The largest absolute Gasteiger partial charge is 0.352 e. The van der Waals surface area contributed by atoms with E-state index in [0.717, 1.165) is 21.0 Å². The molecule has 10 heteroatoms. The van der Waals surface area contributed by atoms with E-state index in [2.05, 4.69) is 5.32 Å². The third-order valence-electron chi connectivity index (χ3n) is 7.84. The van der Waals surface area contributed by atoms with E-state index in [1.54, 1.807) is 54.6 Å². The fourth-order valence-electron chi connectivity index (χ4n) is 4.91. The fourth-order valence-corrected chi connectivity index (χ4v) is 6.79. The number of rotatable bonds is 13. The topological polar surface area (TPSA) is 86.8 Å². The Labute approximate surface area is 282 Å². The maximum absolute atomic E-state index is 14.6. The van der Waals surface area contributed by atoms with Gasteiger partial charge in [0.1, 0.15) is 12.6 Å². The molecule has 46 heavy (non-hydrogen) atoms. The standard InChI is InChI=1S/C36H39Cl2N3O4S/c1-5-27(4)39-36(43)34(21-28-9-7-6-8-10-28)40(23-29-15-16-30(37)22-33(29)38)35(42)24-41(31-17-11-25(2)12-18-31)46(44,45)32-19-13-26(3)14-20-32/h6-20,22,27,34H,5,21,23-24H2,1-4H3,(H,39,43)/t27-,34-/m0/s1. The van der Waals surface area contributed by atoms with E-state index in [1.165, 1.54) is 17.0 Å². The van der Waals surface area contributed by atoms with Crippen molar-refractivity contribution in [1.82, 2.24) is 10.2 Å². The molecule has 0 unspecified atom stereocenters. The van der Waals surface area contributed by atoms with Gasteiger partial charge in [-0.1, -0.05) is 102 Å². The zero-order valence-corrected chi connectivity index (χ0v) is 28.7. The van der Waals surface area contributed by atoms with Gasteiger partial charge in [-0.15, -0.1) is 0 Å². The number of nitrogens with one attached hydrogen (secondary N) is 1. The van der Waals surface area contributed by atoms with E-state index in [0.29, 0.717) is 27.7 Å². The Bertz CT molecular complexity index is 1750. The molecular formula is C36H39Cl2N3O4S. The number of benzene rings is 4. The lowest BCUT2D eigenvalue weighted by molar-refractivity contribution is -0.140. The predicted molar refractivity (Wildman–Crippen MR) is 186 cm³/mol. The number of amides is 2. The summed E-state index contributed by atoms with van der Waals surface area (Å²) in [6.07, 6.45) is 0.895. The van der Waals surface area contributed by atoms with Gasteiger partial charge in [-0.3, -0.25) is 13.9 Å². The van der Waals surface area contributed by atoms with Crippen molar-refractivity contribution < 1.29 is 18.0 Å². The molecule has 0 aliphatic carbocycles. The molecule has 242 valence electrons. The number of hydrogen-bond acceptors (Lipinski definition) is 4. The number of carbonyl (C=O) groups excluding carboxylic acids is 2. The van der Waals surface area contributed by atoms with Crippen LogP contribution in [0.25, 0.3) is 0 Å². The van der Waals surface area contributed by atoms with Gasteiger partial charge in [-0.25, -0.2) is 8.42 Å². The zero-order valence-electron chi connectivity index (χ0n) is 26.4. The molecule has 7 nitrogen and oxygen atoms in total. The van der Waals surface area contributed by atoms with Crippen LogP contribution in [0.5, 0.6) is 0 Å². The van der Waals surface area contributed by atoms with Crippen LogP contribution in [0.2, 0.25) is 10.0 Å². The van der Waals surface area contributed by atoms with E-state index in [1.807, 2.05) is 58.0 Å². The molecule has 4 rings (SSSR count). The van der Waals surface area contributed by atoms with Gasteiger partial charge in [-0.05, 0) is 74.7 Å². The lowest BCUT2D eigenvalue weighted by Crippen LogP contribution is -2.54.